The Kier molecular flexibility index (Phi) is 8.42. The number of amides is 1. The maximum Gasteiger partial charge on any atom is 0.225 e. The highest BCUT2D eigenvalue weighted by Gasteiger charge is 2.32. The number of likely N-dealkylation sites (tertiary alicyclic amines) is 2. The molecule has 0 spiro atoms. The van der Waals surface area contributed by atoms with Crippen molar-refractivity contribution < 1.29 is 9.59 Å². The molecular weight excluding hydrogens is 384 g/mol. The van der Waals surface area contributed by atoms with E-state index in [1.165, 1.54) is 5.57 Å². The molecule has 0 unspecified atom stereocenters. The summed E-state index contributed by atoms with van der Waals surface area (Å²) in [5, 5.41) is 0. The predicted octanol–water partition coefficient (Wildman–Crippen LogP) is 4.82. The second kappa shape index (κ2) is 11.2. The summed E-state index contributed by atoms with van der Waals surface area (Å²) >= 11 is 0. The summed E-state index contributed by atoms with van der Waals surface area (Å²) in [6, 6.07) is 7.84. The molecule has 3 rings (SSSR count). The number of carbonyl (C=O) groups excluding carboxylic acids is 2. The minimum absolute atomic E-state index is 0.0373. The maximum atomic E-state index is 13.1. The zero-order valence-corrected chi connectivity index (χ0v) is 19.1. The standard InChI is InChI=1S/C27H36N2O2/c1-4-6-22(7-5-2)20-28-16-12-25(13-17-28)27(31)29-18-14-24(15-19-29)26(30)23-10-8-21(3)9-11-23/h4-11,24-25H,1,12-20H2,2-3H3/b7-5-,22-6+. The first-order valence-corrected chi connectivity index (χ1v) is 11.6. The van der Waals surface area contributed by atoms with Crippen LogP contribution in [0.1, 0.15) is 48.5 Å². The van der Waals surface area contributed by atoms with E-state index in [9.17, 15) is 9.59 Å². The summed E-state index contributed by atoms with van der Waals surface area (Å²) in [7, 11) is 0. The molecule has 0 atom stereocenters. The van der Waals surface area contributed by atoms with Crippen LogP contribution in [0.25, 0.3) is 0 Å². The quantitative estimate of drug-likeness (QED) is 0.469. The van der Waals surface area contributed by atoms with Gasteiger partial charge in [-0.15, -0.1) is 0 Å². The van der Waals surface area contributed by atoms with E-state index in [0.29, 0.717) is 13.1 Å². The van der Waals surface area contributed by atoms with Gasteiger partial charge in [-0.1, -0.05) is 60.7 Å². The Morgan fingerprint density at radius 1 is 1.00 bits per heavy atom. The van der Waals surface area contributed by atoms with Gasteiger partial charge in [-0.2, -0.15) is 0 Å². The van der Waals surface area contributed by atoms with Crippen LogP contribution < -0.4 is 0 Å². The predicted molar refractivity (Wildman–Crippen MR) is 127 cm³/mol. The number of hydrogen-bond acceptors (Lipinski definition) is 3. The second-order valence-corrected chi connectivity index (χ2v) is 8.86. The lowest BCUT2D eigenvalue weighted by atomic mass is 9.87. The number of benzene rings is 1. The smallest absolute Gasteiger partial charge is 0.225 e. The number of aryl methyl sites for hydroxylation is 1. The Morgan fingerprint density at radius 3 is 2.19 bits per heavy atom. The highest BCUT2D eigenvalue weighted by atomic mass is 16.2. The number of piperidine rings is 2. The molecule has 0 N–H and O–H groups in total. The van der Waals surface area contributed by atoms with E-state index in [1.54, 1.807) is 0 Å². The van der Waals surface area contributed by atoms with Crippen LogP contribution in [0.3, 0.4) is 0 Å². The van der Waals surface area contributed by atoms with Crippen LogP contribution in [-0.4, -0.2) is 54.2 Å². The van der Waals surface area contributed by atoms with Crippen molar-refractivity contribution in [1.82, 2.24) is 9.80 Å². The zero-order chi connectivity index (χ0) is 22.2. The number of carbonyl (C=O) groups is 2. The maximum absolute atomic E-state index is 13.1. The Hall–Kier alpha value is -2.46. The average molecular weight is 421 g/mol. The third-order valence-corrected chi connectivity index (χ3v) is 6.57. The highest BCUT2D eigenvalue weighted by Crippen LogP contribution is 2.26. The van der Waals surface area contributed by atoms with Crippen molar-refractivity contribution in [1.29, 1.82) is 0 Å². The lowest BCUT2D eigenvalue weighted by Crippen LogP contribution is -2.46. The summed E-state index contributed by atoms with van der Waals surface area (Å²) in [5.74, 6) is 0.672. The molecule has 2 fully saturated rings. The Morgan fingerprint density at radius 2 is 1.61 bits per heavy atom. The van der Waals surface area contributed by atoms with Gasteiger partial charge < -0.3 is 4.90 Å². The first kappa shape index (κ1) is 23.2. The largest absolute Gasteiger partial charge is 0.342 e. The monoisotopic (exact) mass is 420 g/mol. The van der Waals surface area contributed by atoms with Gasteiger partial charge in [0.2, 0.25) is 5.91 Å². The Bertz CT molecular complexity index is 821. The SMILES string of the molecule is C=C/C=C(\C=C/C)CN1CCC(C(=O)N2CCC(C(=O)c3ccc(C)cc3)CC2)CC1. The van der Waals surface area contributed by atoms with Crippen LogP contribution in [0, 0.1) is 18.8 Å². The topological polar surface area (TPSA) is 40.6 Å². The minimum Gasteiger partial charge on any atom is -0.342 e. The number of rotatable bonds is 7. The van der Waals surface area contributed by atoms with Crippen LogP contribution in [0.15, 0.2) is 60.7 Å². The molecule has 4 nitrogen and oxygen atoms in total. The fraction of sp³-hybridized carbons (Fsp3) is 0.481. The lowest BCUT2D eigenvalue weighted by Gasteiger charge is -2.37. The van der Waals surface area contributed by atoms with E-state index in [1.807, 2.05) is 49.1 Å². The first-order chi connectivity index (χ1) is 15.0. The van der Waals surface area contributed by atoms with E-state index in [2.05, 4.69) is 29.7 Å². The average Bonchev–Trinajstić information content (AvgIpc) is 2.80. The molecule has 0 radical (unpaired) electrons. The van der Waals surface area contributed by atoms with Crippen molar-refractivity contribution in [3.8, 4) is 0 Å². The zero-order valence-electron chi connectivity index (χ0n) is 19.1. The van der Waals surface area contributed by atoms with Crippen LogP contribution >= 0.6 is 0 Å². The molecule has 31 heavy (non-hydrogen) atoms. The molecule has 0 saturated carbocycles. The summed E-state index contributed by atoms with van der Waals surface area (Å²) in [6.07, 6.45) is 11.4. The fourth-order valence-corrected chi connectivity index (χ4v) is 4.70. The van der Waals surface area contributed by atoms with Gasteiger partial charge in [0.05, 0.1) is 0 Å². The molecule has 2 saturated heterocycles. The number of allylic oxidation sites excluding steroid dienone is 3. The Balaban J connectivity index is 1.46. The molecule has 1 aromatic carbocycles. The van der Waals surface area contributed by atoms with Crippen LogP contribution in [0.2, 0.25) is 0 Å². The lowest BCUT2D eigenvalue weighted by molar-refractivity contribution is -0.138. The number of hydrogen-bond donors (Lipinski definition) is 0. The van der Waals surface area contributed by atoms with Gasteiger partial charge in [0.15, 0.2) is 5.78 Å². The van der Waals surface area contributed by atoms with Crippen molar-refractivity contribution in [3.05, 3.63) is 71.8 Å². The summed E-state index contributed by atoms with van der Waals surface area (Å²) in [6.45, 7) is 12.1. The molecule has 0 aromatic heterocycles. The van der Waals surface area contributed by atoms with Gasteiger partial charge in [-0.25, -0.2) is 0 Å². The van der Waals surface area contributed by atoms with Crippen LogP contribution in [0.5, 0.6) is 0 Å². The van der Waals surface area contributed by atoms with Crippen molar-refractivity contribution in [2.45, 2.75) is 39.5 Å². The molecule has 0 bridgehead atoms. The molecule has 1 amide bonds. The number of ketones is 1. The number of Topliss-reactive ketones (excluding diaryl/α,β-unsaturated/α-hetero) is 1. The molecule has 166 valence electrons. The van der Waals surface area contributed by atoms with Gasteiger partial charge in [0, 0.05) is 37.0 Å². The summed E-state index contributed by atoms with van der Waals surface area (Å²) in [5.41, 5.74) is 3.21. The first-order valence-electron chi connectivity index (χ1n) is 11.6. The van der Waals surface area contributed by atoms with Gasteiger partial charge in [-0.05, 0) is 58.2 Å². The Labute approximate surface area is 187 Å². The highest BCUT2D eigenvalue weighted by molar-refractivity contribution is 5.98. The molecule has 2 aliphatic heterocycles. The van der Waals surface area contributed by atoms with Gasteiger partial charge in [0.25, 0.3) is 0 Å². The van der Waals surface area contributed by atoms with Crippen LogP contribution in [0.4, 0.5) is 0 Å². The van der Waals surface area contributed by atoms with E-state index in [4.69, 9.17) is 0 Å². The van der Waals surface area contributed by atoms with Crippen molar-refractivity contribution >= 4 is 11.7 Å². The van der Waals surface area contributed by atoms with E-state index >= 15 is 0 Å². The summed E-state index contributed by atoms with van der Waals surface area (Å²) in [4.78, 5) is 30.3. The van der Waals surface area contributed by atoms with Gasteiger partial charge in [-0.3, -0.25) is 14.5 Å². The summed E-state index contributed by atoms with van der Waals surface area (Å²) < 4.78 is 0. The van der Waals surface area contributed by atoms with E-state index in [0.717, 1.165) is 56.4 Å². The third-order valence-electron chi connectivity index (χ3n) is 6.57. The minimum atomic E-state index is 0.0373. The third kappa shape index (κ3) is 6.27. The molecular formula is C27H36N2O2. The molecule has 0 aliphatic carbocycles. The van der Waals surface area contributed by atoms with E-state index in [-0.39, 0.29) is 23.5 Å². The van der Waals surface area contributed by atoms with Crippen molar-refractivity contribution in [2.24, 2.45) is 11.8 Å². The molecule has 2 heterocycles. The van der Waals surface area contributed by atoms with E-state index < -0.39 is 0 Å². The van der Waals surface area contributed by atoms with Crippen LogP contribution in [-0.2, 0) is 4.79 Å². The van der Waals surface area contributed by atoms with Crippen molar-refractivity contribution in [2.75, 3.05) is 32.7 Å². The number of nitrogens with zero attached hydrogens (tertiary/aromatic N) is 2. The second-order valence-electron chi connectivity index (χ2n) is 8.86. The van der Waals surface area contributed by atoms with Crippen molar-refractivity contribution in [3.63, 3.8) is 0 Å². The molecule has 4 heteroatoms. The van der Waals surface area contributed by atoms with Gasteiger partial charge in [0.1, 0.15) is 0 Å². The van der Waals surface area contributed by atoms with Gasteiger partial charge >= 0.3 is 0 Å². The molecule has 2 aliphatic rings. The fourth-order valence-electron chi connectivity index (χ4n) is 4.70. The molecule has 1 aromatic rings. The normalized spacial score (nSPS) is 19.7.